The highest BCUT2D eigenvalue weighted by molar-refractivity contribution is 4.78. The fourth-order valence-electron chi connectivity index (χ4n) is 1.90. The van der Waals surface area contributed by atoms with Crippen LogP contribution < -0.4 is 5.32 Å². The van der Waals surface area contributed by atoms with Crippen molar-refractivity contribution in [1.82, 2.24) is 15.5 Å². The highest BCUT2D eigenvalue weighted by Crippen LogP contribution is 2.14. The van der Waals surface area contributed by atoms with Gasteiger partial charge < -0.3 is 14.5 Å². The third kappa shape index (κ3) is 3.57. The van der Waals surface area contributed by atoms with Gasteiger partial charge in [0.25, 0.3) is 0 Å². The van der Waals surface area contributed by atoms with Crippen LogP contribution in [0.4, 0.5) is 0 Å². The lowest BCUT2D eigenvalue weighted by Gasteiger charge is -2.22. The van der Waals surface area contributed by atoms with Crippen molar-refractivity contribution in [1.29, 1.82) is 0 Å². The number of nitrogens with zero attached hydrogens (tertiary/aromatic N) is 2. The smallest absolute Gasteiger partial charge is 0.230 e. The minimum atomic E-state index is 0.436. The summed E-state index contributed by atoms with van der Waals surface area (Å²) in [7, 11) is 0. The van der Waals surface area contributed by atoms with E-state index in [1.807, 2.05) is 0 Å². The number of aryl methyl sites for hydroxylation is 1. The van der Waals surface area contributed by atoms with Gasteiger partial charge >= 0.3 is 0 Å². The maximum atomic E-state index is 5.64. The van der Waals surface area contributed by atoms with Gasteiger partial charge in [-0.25, -0.2) is 0 Å². The van der Waals surface area contributed by atoms with Crippen LogP contribution in [0.3, 0.4) is 0 Å². The minimum absolute atomic E-state index is 0.436. The monoisotopic (exact) mass is 225 g/mol. The SMILES string of the molecule is Cc1nnc(CNCCC2CCCCO2)o1. The van der Waals surface area contributed by atoms with Crippen molar-refractivity contribution in [2.75, 3.05) is 13.2 Å². The zero-order valence-corrected chi connectivity index (χ0v) is 9.74. The van der Waals surface area contributed by atoms with Crippen LogP contribution in [-0.4, -0.2) is 29.5 Å². The fraction of sp³-hybridized carbons (Fsp3) is 0.818. The van der Waals surface area contributed by atoms with E-state index in [4.69, 9.17) is 9.15 Å². The molecule has 0 saturated carbocycles. The molecular formula is C11H19N3O2. The van der Waals surface area contributed by atoms with E-state index in [0.717, 1.165) is 19.6 Å². The van der Waals surface area contributed by atoms with E-state index in [0.29, 0.717) is 24.4 Å². The van der Waals surface area contributed by atoms with Crippen LogP contribution in [0.15, 0.2) is 4.42 Å². The lowest BCUT2D eigenvalue weighted by molar-refractivity contribution is 0.0114. The molecule has 16 heavy (non-hydrogen) atoms. The predicted molar refractivity (Wildman–Crippen MR) is 58.9 cm³/mol. The Morgan fingerprint density at radius 1 is 1.38 bits per heavy atom. The molecule has 1 saturated heterocycles. The molecule has 0 aliphatic carbocycles. The molecule has 0 spiro atoms. The maximum Gasteiger partial charge on any atom is 0.230 e. The first-order valence-corrected chi connectivity index (χ1v) is 5.96. The lowest BCUT2D eigenvalue weighted by atomic mass is 10.1. The molecule has 1 N–H and O–H groups in total. The normalized spacial score (nSPS) is 21.2. The zero-order valence-electron chi connectivity index (χ0n) is 9.74. The van der Waals surface area contributed by atoms with Crippen LogP contribution in [0, 0.1) is 6.92 Å². The summed E-state index contributed by atoms with van der Waals surface area (Å²) in [6.45, 7) is 4.31. The van der Waals surface area contributed by atoms with Crippen molar-refractivity contribution in [3.05, 3.63) is 11.8 Å². The molecule has 0 bridgehead atoms. The van der Waals surface area contributed by atoms with Gasteiger partial charge in [-0.2, -0.15) is 0 Å². The molecule has 1 aliphatic heterocycles. The van der Waals surface area contributed by atoms with Gasteiger partial charge in [-0.3, -0.25) is 0 Å². The lowest BCUT2D eigenvalue weighted by Crippen LogP contribution is -2.25. The molecule has 1 aromatic rings. The van der Waals surface area contributed by atoms with Gasteiger partial charge in [0.05, 0.1) is 12.6 Å². The Kier molecular flexibility index (Phi) is 4.30. The Morgan fingerprint density at radius 3 is 3.00 bits per heavy atom. The quantitative estimate of drug-likeness (QED) is 0.768. The number of rotatable bonds is 5. The third-order valence-electron chi connectivity index (χ3n) is 2.76. The summed E-state index contributed by atoms with van der Waals surface area (Å²) in [6, 6.07) is 0. The fourth-order valence-corrected chi connectivity index (χ4v) is 1.90. The maximum absolute atomic E-state index is 5.64. The second-order valence-electron chi connectivity index (χ2n) is 4.17. The van der Waals surface area contributed by atoms with Crippen LogP contribution in [0.2, 0.25) is 0 Å². The summed E-state index contributed by atoms with van der Waals surface area (Å²) in [4.78, 5) is 0. The highest BCUT2D eigenvalue weighted by atomic mass is 16.5. The van der Waals surface area contributed by atoms with Crippen LogP contribution >= 0.6 is 0 Å². The average molecular weight is 225 g/mol. The first-order chi connectivity index (χ1) is 7.84. The van der Waals surface area contributed by atoms with E-state index >= 15 is 0 Å². The Morgan fingerprint density at radius 2 is 2.31 bits per heavy atom. The molecule has 0 aromatic carbocycles. The summed E-state index contributed by atoms with van der Waals surface area (Å²) < 4.78 is 10.9. The van der Waals surface area contributed by atoms with Crippen molar-refractivity contribution in [3.8, 4) is 0 Å². The molecule has 0 amide bonds. The first-order valence-electron chi connectivity index (χ1n) is 5.96. The molecule has 1 atom stereocenters. The van der Waals surface area contributed by atoms with Gasteiger partial charge in [0.1, 0.15) is 0 Å². The van der Waals surface area contributed by atoms with Crippen LogP contribution in [0.5, 0.6) is 0 Å². The molecule has 1 fully saturated rings. The Balaban J connectivity index is 1.57. The topological polar surface area (TPSA) is 60.2 Å². The Labute approximate surface area is 95.6 Å². The van der Waals surface area contributed by atoms with E-state index < -0.39 is 0 Å². The van der Waals surface area contributed by atoms with Gasteiger partial charge in [0.2, 0.25) is 11.8 Å². The summed E-state index contributed by atoms with van der Waals surface area (Å²) in [6.07, 6.45) is 5.21. The number of aromatic nitrogens is 2. The third-order valence-corrected chi connectivity index (χ3v) is 2.76. The van der Waals surface area contributed by atoms with Crippen molar-refractivity contribution in [2.45, 2.75) is 45.3 Å². The molecule has 1 aliphatic rings. The number of hydrogen-bond donors (Lipinski definition) is 1. The summed E-state index contributed by atoms with van der Waals surface area (Å²) in [5, 5.41) is 11.0. The van der Waals surface area contributed by atoms with Crippen molar-refractivity contribution < 1.29 is 9.15 Å². The predicted octanol–water partition coefficient (Wildman–Crippen LogP) is 1.43. The second kappa shape index (κ2) is 5.96. The molecule has 2 heterocycles. The van der Waals surface area contributed by atoms with Crippen LogP contribution in [-0.2, 0) is 11.3 Å². The molecule has 2 rings (SSSR count). The van der Waals surface area contributed by atoms with Crippen molar-refractivity contribution >= 4 is 0 Å². The Hall–Kier alpha value is -0.940. The molecule has 1 aromatic heterocycles. The van der Waals surface area contributed by atoms with E-state index in [1.165, 1.54) is 19.3 Å². The largest absolute Gasteiger partial charge is 0.424 e. The summed E-state index contributed by atoms with van der Waals surface area (Å²) >= 11 is 0. The average Bonchev–Trinajstić information content (AvgIpc) is 2.72. The zero-order chi connectivity index (χ0) is 11.2. The van der Waals surface area contributed by atoms with Gasteiger partial charge in [0.15, 0.2) is 0 Å². The summed E-state index contributed by atoms with van der Waals surface area (Å²) in [5.74, 6) is 1.27. The number of hydrogen-bond acceptors (Lipinski definition) is 5. The molecule has 0 radical (unpaired) electrons. The van der Waals surface area contributed by atoms with Crippen LogP contribution in [0.1, 0.15) is 37.5 Å². The molecular weight excluding hydrogens is 206 g/mol. The van der Waals surface area contributed by atoms with Crippen molar-refractivity contribution in [3.63, 3.8) is 0 Å². The molecule has 90 valence electrons. The van der Waals surface area contributed by atoms with Gasteiger partial charge in [0, 0.05) is 13.5 Å². The molecule has 5 nitrogen and oxygen atoms in total. The number of ether oxygens (including phenoxy) is 1. The van der Waals surface area contributed by atoms with Crippen molar-refractivity contribution in [2.24, 2.45) is 0 Å². The second-order valence-corrected chi connectivity index (χ2v) is 4.17. The Bertz CT molecular complexity index is 308. The number of nitrogens with one attached hydrogen (secondary N) is 1. The van der Waals surface area contributed by atoms with E-state index in [1.54, 1.807) is 6.92 Å². The first kappa shape index (κ1) is 11.5. The van der Waals surface area contributed by atoms with Crippen LogP contribution in [0.25, 0.3) is 0 Å². The van der Waals surface area contributed by atoms with E-state index in [9.17, 15) is 0 Å². The van der Waals surface area contributed by atoms with Gasteiger partial charge in [-0.05, 0) is 32.2 Å². The van der Waals surface area contributed by atoms with Gasteiger partial charge in [-0.1, -0.05) is 0 Å². The van der Waals surface area contributed by atoms with E-state index in [2.05, 4.69) is 15.5 Å². The molecule has 5 heteroatoms. The standard InChI is InChI=1S/C11H19N3O2/c1-9-13-14-11(16-9)8-12-6-5-10-4-2-3-7-15-10/h10,12H,2-8H2,1H3. The van der Waals surface area contributed by atoms with Gasteiger partial charge in [-0.15, -0.1) is 10.2 Å². The molecule has 1 unspecified atom stereocenters. The highest BCUT2D eigenvalue weighted by Gasteiger charge is 2.12. The van der Waals surface area contributed by atoms with E-state index in [-0.39, 0.29) is 0 Å². The minimum Gasteiger partial charge on any atom is -0.424 e. The summed E-state index contributed by atoms with van der Waals surface area (Å²) in [5.41, 5.74) is 0.